The molecule has 1 fully saturated rings. The molecule has 0 aliphatic heterocycles. The predicted molar refractivity (Wildman–Crippen MR) is 166 cm³/mol. The zero-order chi connectivity index (χ0) is 28.7. The fourth-order valence-corrected chi connectivity index (χ4v) is 6.92. The van der Waals surface area contributed by atoms with Gasteiger partial charge < -0.3 is 14.8 Å². The number of aryl methyl sites for hydroxylation is 1. The van der Waals surface area contributed by atoms with Gasteiger partial charge in [-0.25, -0.2) is 4.98 Å². The number of methoxy groups -OCH3 is 2. The quantitative estimate of drug-likeness (QED) is 0.228. The van der Waals surface area contributed by atoms with Crippen LogP contribution < -0.4 is 14.8 Å². The van der Waals surface area contributed by atoms with Crippen LogP contribution in [0.25, 0.3) is 33.5 Å². The Labute approximate surface area is 246 Å². The molecule has 0 amide bonds. The maximum atomic E-state index is 5.97. The first-order valence-electron chi connectivity index (χ1n) is 15.0. The molecule has 2 aliphatic rings. The van der Waals surface area contributed by atoms with Crippen molar-refractivity contribution in [3.8, 4) is 34.0 Å². The number of pyridine rings is 2. The second-order valence-electron chi connectivity index (χ2n) is 11.5. The number of nitrogens with zero attached hydrogens (tertiary/aromatic N) is 4. The Morgan fingerprint density at radius 3 is 2.45 bits per heavy atom. The van der Waals surface area contributed by atoms with Gasteiger partial charge in [-0.1, -0.05) is 43.2 Å². The Morgan fingerprint density at radius 1 is 0.905 bits per heavy atom. The molecule has 214 valence electrons. The van der Waals surface area contributed by atoms with E-state index in [1.54, 1.807) is 14.2 Å². The molecule has 0 saturated heterocycles. The lowest BCUT2D eigenvalue weighted by Gasteiger charge is -2.28. The Morgan fingerprint density at radius 2 is 1.74 bits per heavy atom. The van der Waals surface area contributed by atoms with Crippen molar-refractivity contribution in [2.45, 2.75) is 57.0 Å². The molecule has 7 heteroatoms. The Kier molecular flexibility index (Phi) is 6.90. The lowest BCUT2D eigenvalue weighted by atomic mass is 9.92. The Hall–Kier alpha value is -4.23. The smallest absolute Gasteiger partial charge is 0.147 e. The molecule has 2 aliphatic carbocycles. The van der Waals surface area contributed by atoms with Gasteiger partial charge >= 0.3 is 0 Å². The van der Waals surface area contributed by atoms with E-state index in [0.29, 0.717) is 6.54 Å². The molecular formula is C35H37N5O2. The van der Waals surface area contributed by atoms with E-state index in [0.717, 1.165) is 82.0 Å². The van der Waals surface area contributed by atoms with Crippen LogP contribution in [0.1, 0.15) is 54.5 Å². The number of ether oxygens (including phenoxy) is 2. The summed E-state index contributed by atoms with van der Waals surface area (Å²) < 4.78 is 13.4. The maximum absolute atomic E-state index is 5.97. The number of hydrogen-bond acceptors (Lipinski definition) is 6. The minimum atomic E-state index is -0.0409. The molecule has 7 rings (SSSR count). The molecule has 0 atom stereocenters. The third kappa shape index (κ3) is 4.52. The first-order chi connectivity index (χ1) is 20.6. The maximum Gasteiger partial charge on any atom is 0.147 e. The first kappa shape index (κ1) is 26.7. The van der Waals surface area contributed by atoms with Gasteiger partial charge in [-0.15, -0.1) is 0 Å². The van der Waals surface area contributed by atoms with E-state index in [1.807, 2.05) is 23.0 Å². The molecular weight excluding hydrogens is 522 g/mol. The SMILES string of the molecule is CNC1(c2ccc(-c3nn(Cc4ccc(OC)cc4)c4cc(OC)c(-c5cccc6c5CCC6)nc34)cn2)CCCC1. The van der Waals surface area contributed by atoms with Crippen LogP contribution in [0.2, 0.25) is 0 Å². The fourth-order valence-electron chi connectivity index (χ4n) is 6.92. The van der Waals surface area contributed by atoms with E-state index in [1.165, 1.54) is 30.4 Å². The van der Waals surface area contributed by atoms with Gasteiger partial charge in [0.2, 0.25) is 0 Å². The minimum absolute atomic E-state index is 0.0409. The normalized spacial score (nSPS) is 15.7. The number of benzene rings is 2. The second kappa shape index (κ2) is 10.9. The summed E-state index contributed by atoms with van der Waals surface area (Å²) in [6.45, 7) is 0.597. The summed E-state index contributed by atoms with van der Waals surface area (Å²) in [4.78, 5) is 10.3. The largest absolute Gasteiger partial charge is 0.497 e. The Balaban J connectivity index is 1.38. The van der Waals surface area contributed by atoms with Crippen molar-refractivity contribution in [1.82, 2.24) is 25.1 Å². The van der Waals surface area contributed by atoms with Crippen molar-refractivity contribution in [1.29, 1.82) is 0 Å². The zero-order valence-electron chi connectivity index (χ0n) is 24.6. The van der Waals surface area contributed by atoms with Gasteiger partial charge in [0.15, 0.2) is 0 Å². The van der Waals surface area contributed by atoms with Crippen molar-refractivity contribution in [3.63, 3.8) is 0 Å². The van der Waals surface area contributed by atoms with E-state index in [-0.39, 0.29) is 5.54 Å². The van der Waals surface area contributed by atoms with Crippen LogP contribution in [-0.2, 0) is 24.9 Å². The number of nitrogens with one attached hydrogen (secondary N) is 1. The van der Waals surface area contributed by atoms with E-state index < -0.39 is 0 Å². The van der Waals surface area contributed by atoms with Crippen LogP contribution >= 0.6 is 0 Å². The van der Waals surface area contributed by atoms with Crippen molar-refractivity contribution < 1.29 is 9.47 Å². The van der Waals surface area contributed by atoms with Gasteiger partial charge in [0.25, 0.3) is 0 Å². The zero-order valence-corrected chi connectivity index (χ0v) is 24.6. The average molecular weight is 560 g/mol. The lowest BCUT2D eigenvalue weighted by Crippen LogP contribution is -2.37. The number of rotatable bonds is 8. The van der Waals surface area contributed by atoms with Crippen LogP contribution in [-0.4, -0.2) is 41.0 Å². The molecule has 1 saturated carbocycles. The van der Waals surface area contributed by atoms with Gasteiger partial charge in [0, 0.05) is 23.4 Å². The van der Waals surface area contributed by atoms with Gasteiger partial charge in [-0.3, -0.25) is 9.67 Å². The molecule has 3 aromatic heterocycles. The highest BCUT2D eigenvalue weighted by molar-refractivity contribution is 5.93. The molecule has 7 nitrogen and oxygen atoms in total. The summed E-state index contributed by atoms with van der Waals surface area (Å²) >= 11 is 0. The van der Waals surface area contributed by atoms with Crippen LogP contribution in [0.3, 0.4) is 0 Å². The summed E-state index contributed by atoms with van der Waals surface area (Å²) in [5.41, 5.74) is 10.6. The number of aromatic nitrogens is 4. The summed E-state index contributed by atoms with van der Waals surface area (Å²) in [5, 5.41) is 8.72. The summed E-state index contributed by atoms with van der Waals surface area (Å²) in [6.07, 6.45) is 10.0. The van der Waals surface area contributed by atoms with Crippen LogP contribution in [0.5, 0.6) is 11.5 Å². The lowest BCUT2D eigenvalue weighted by molar-refractivity contribution is 0.362. The third-order valence-electron chi connectivity index (χ3n) is 9.27. The molecule has 0 unspecified atom stereocenters. The number of hydrogen-bond donors (Lipinski definition) is 1. The third-order valence-corrected chi connectivity index (χ3v) is 9.27. The highest BCUT2D eigenvalue weighted by Gasteiger charge is 2.35. The summed E-state index contributed by atoms with van der Waals surface area (Å²) in [5.74, 6) is 1.59. The summed E-state index contributed by atoms with van der Waals surface area (Å²) in [7, 11) is 5.46. The number of fused-ring (bicyclic) bond motifs is 2. The van der Waals surface area contributed by atoms with Crippen LogP contribution in [0.15, 0.2) is 66.9 Å². The molecule has 2 aromatic carbocycles. The standard InChI is InChI=1S/C35H37N5O2/c1-36-35(18-4-5-19-35)31-17-14-25(21-37-31)32-34-29(40(39-32)22-23-12-15-26(41-2)16-13-23)20-30(42-3)33(38-34)28-11-7-9-24-8-6-10-27(24)28/h7,9,11-17,20-21,36H,4-6,8,10,18-19,22H2,1-3H3. The Bertz CT molecular complexity index is 1730. The van der Waals surface area contributed by atoms with Crippen LogP contribution in [0, 0.1) is 0 Å². The molecule has 3 heterocycles. The van der Waals surface area contributed by atoms with Gasteiger partial charge in [0.1, 0.15) is 28.4 Å². The minimum Gasteiger partial charge on any atom is -0.497 e. The second-order valence-corrected chi connectivity index (χ2v) is 11.5. The first-order valence-corrected chi connectivity index (χ1v) is 15.0. The molecule has 0 spiro atoms. The van der Waals surface area contributed by atoms with Gasteiger partial charge in [0.05, 0.1) is 37.5 Å². The molecule has 5 aromatic rings. The van der Waals surface area contributed by atoms with Crippen molar-refractivity contribution >= 4 is 11.0 Å². The van der Waals surface area contributed by atoms with Crippen molar-refractivity contribution in [3.05, 3.63) is 89.2 Å². The molecule has 42 heavy (non-hydrogen) atoms. The van der Waals surface area contributed by atoms with E-state index in [9.17, 15) is 0 Å². The fraction of sp³-hybridized carbons (Fsp3) is 0.343. The van der Waals surface area contributed by atoms with E-state index in [4.69, 9.17) is 24.5 Å². The van der Waals surface area contributed by atoms with Gasteiger partial charge in [-0.2, -0.15) is 5.10 Å². The topological polar surface area (TPSA) is 74.1 Å². The van der Waals surface area contributed by atoms with Crippen LogP contribution in [0.4, 0.5) is 0 Å². The average Bonchev–Trinajstić information content (AvgIpc) is 3.80. The summed E-state index contributed by atoms with van der Waals surface area (Å²) in [6, 6.07) is 21.1. The highest BCUT2D eigenvalue weighted by Crippen LogP contribution is 2.41. The van der Waals surface area contributed by atoms with E-state index >= 15 is 0 Å². The highest BCUT2D eigenvalue weighted by atomic mass is 16.5. The van der Waals surface area contributed by atoms with E-state index in [2.05, 4.69) is 60.9 Å². The molecule has 0 bridgehead atoms. The molecule has 0 radical (unpaired) electrons. The molecule has 1 N–H and O–H groups in total. The monoisotopic (exact) mass is 559 g/mol. The van der Waals surface area contributed by atoms with Gasteiger partial charge in [-0.05, 0) is 80.1 Å². The van der Waals surface area contributed by atoms with Crippen molar-refractivity contribution in [2.24, 2.45) is 0 Å². The van der Waals surface area contributed by atoms with Crippen molar-refractivity contribution in [2.75, 3.05) is 21.3 Å². The predicted octanol–water partition coefficient (Wildman–Crippen LogP) is 6.70.